The number of carboxylic acids is 1. The van der Waals surface area contributed by atoms with Crippen molar-refractivity contribution in [3.05, 3.63) is 28.5 Å². The minimum absolute atomic E-state index is 0.149. The van der Waals surface area contributed by atoms with E-state index in [4.69, 9.17) is 0 Å². The number of aromatic nitrogens is 1. The summed E-state index contributed by atoms with van der Waals surface area (Å²) in [6.07, 6.45) is 3.43. The first-order valence-corrected chi connectivity index (χ1v) is 7.42. The van der Waals surface area contributed by atoms with Crippen LogP contribution < -0.4 is 0 Å². The summed E-state index contributed by atoms with van der Waals surface area (Å²) >= 11 is 3.22. The van der Waals surface area contributed by atoms with Gasteiger partial charge in [0.1, 0.15) is 4.60 Å². The zero-order valence-electron chi connectivity index (χ0n) is 11.3. The van der Waals surface area contributed by atoms with Gasteiger partial charge in [0, 0.05) is 19.3 Å². The number of hydrogen-bond donors (Lipinski definition) is 1. The van der Waals surface area contributed by atoms with Crippen molar-refractivity contribution in [2.75, 3.05) is 13.1 Å². The van der Waals surface area contributed by atoms with Gasteiger partial charge in [-0.2, -0.15) is 0 Å². The van der Waals surface area contributed by atoms with Crippen molar-refractivity contribution >= 4 is 27.8 Å². The molecule has 1 unspecified atom stereocenters. The van der Waals surface area contributed by atoms with Gasteiger partial charge >= 0.3 is 5.97 Å². The highest BCUT2D eigenvalue weighted by molar-refractivity contribution is 9.10. The van der Waals surface area contributed by atoms with Crippen LogP contribution in [-0.2, 0) is 4.79 Å². The number of carboxylic acid groups (broad SMARTS) is 1. The van der Waals surface area contributed by atoms with Crippen molar-refractivity contribution in [2.24, 2.45) is 5.41 Å². The Labute approximate surface area is 126 Å². The molecule has 1 aliphatic heterocycles. The topological polar surface area (TPSA) is 70.5 Å². The number of carbonyl (C=O) groups is 2. The molecule has 0 spiro atoms. The van der Waals surface area contributed by atoms with Crippen LogP contribution in [0.25, 0.3) is 0 Å². The molecule has 0 aromatic carbocycles. The van der Waals surface area contributed by atoms with E-state index in [2.05, 4.69) is 20.9 Å². The van der Waals surface area contributed by atoms with Crippen molar-refractivity contribution in [3.8, 4) is 0 Å². The van der Waals surface area contributed by atoms with Crippen LogP contribution >= 0.6 is 15.9 Å². The predicted molar refractivity (Wildman–Crippen MR) is 77.4 cm³/mol. The molecule has 1 aromatic heterocycles. The van der Waals surface area contributed by atoms with Crippen LogP contribution in [0.1, 0.15) is 36.5 Å². The van der Waals surface area contributed by atoms with E-state index >= 15 is 0 Å². The van der Waals surface area contributed by atoms with Crippen LogP contribution in [0.4, 0.5) is 0 Å². The Hall–Kier alpha value is -1.43. The first-order chi connectivity index (χ1) is 9.48. The summed E-state index contributed by atoms with van der Waals surface area (Å²) in [4.78, 5) is 29.5. The summed E-state index contributed by atoms with van der Waals surface area (Å²) in [7, 11) is 0. The third-order valence-corrected chi connectivity index (χ3v) is 4.27. The van der Waals surface area contributed by atoms with Gasteiger partial charge in [0.05, 0.1) is 11.0 Å². The Bertz CT molecular complexity index is 518. The van der Waals surface area contributed by atoms with Gasteiger partial charge < -0.3 is 10.0 Å². The van der Waals surface area contributed by atoms with Gasteiger partial charge in [-0.3, -0.25) is 9.59 Å². The molecule has 108 valence electrons. The highest BCUT2D eigenvalue weighted by Gasteiger charge is 2.45. The summed E-state index contributed by atoms with van der Waals surface area (Å²) in [5.74, 6) is -0.951. The lowest BCUT2D eigenvalue weighted by Gasteiger charge is -2.24. The van der Waals surface area contributed by atoms with Crippen molar-refractivity contribution in [1.29, 1.82) is 0 Å². The molecule has 1 saturated heterocycles. The molecule has 0 aliphatic carbocycles. The number of nitrogens with zero attached hydrogens (tertiary/aromatic N) is 2. The summed E-state index contributed by atoms with van der Waals surface area (Å²) in [5.41, 5.74) is -0.293. The number of aliphatic carboxylic acids is 1. The number of carbonyl (C=O) groups excluding carboxylic acids is 1. The molecule has 20 heavy (non-hydrogen) atoms. The molecule has 0 radical (unpaired) electrons. The Kier molecular flexibility index (Phi) is 4.42. The van der Waals surface area contributed by atoms with Gasteiger partial charge in [-0.1, -0.05) is 13.3 Å². The van der Waals surface area contributed by atoms with Crippen LogP contribution in [0.5, 0.6) is 0 Å². The average Bonchev–Trinajstić information content (AvgIpc) is 2.85. The van der Waals surface area contributed by atoms with Crippen LogP contribution in [-0.4, -0.2) is 40.0 Å². The molecule has 6 heteroatoms. The molecule has 0 saturated carbocycles. The Morgan fingerprint density at radius 1 is 1.50 bits per heavy atom. The molecule has 1 fully saturated rings. The van der Waals surface area contributed by atoms with Gasteiger partial charge in [-0.05, 0) is 40.9 Å². The fourth-order valence-electron chi connectivity index (χ4n) is 2.69. The number of likely N-dealkylation sites (tertiary alicyclic amines) is 1. The molecule has 1 atom stereocenters. The van der Waals surface area contributed by atoms with Crippen LogP contribution in [0.3, 0.4) is 0 Å². The fourth-order valence-corrected chi connectivity index (χ4v) is 2.93. The Balaban J connectivity index is 2.14. The van der Waals surface area contributed by atoms with Gasteiger partial charge in [0.25, 0.3) is 5.91 Å². The number of halogens is 1. The number of rotatable bonds is 4. The molecule has 0 bridgehead atoms. The highest BCUT2D eigenvalue weighted by Crippen LogP contribution is 2.36. The van der Waals surface area contributed by atoms with Crippen molar-refractivity contribution in [1.82, 2.24) is 9.88 Å². The second-order valence-electron chi connectivity index (χ2n) is 5.18. The largest absolute Gasteiger partial charge is 0.481 e. The summed E-state index contributed by atoms with van der Waals surface area (Å²) < 4.78 is 0.668. The van der Waals surface area contributed by atoms with Gasteiger partial charge in [-0.25, -0.2) is 4.98 Å². The lowest BCUT2D eigenvalue weighted by molar-refractivity contribution is -0.148. The second-order valence-corrected chi connectivity index (χ2v) is 5.99. The van der Waals surface area contributed by atoms with E-state index in [0.717, 1.165) is 6.42 Å². The molecule has 1 aliphatic rings. The van der Waals surface area contributed by atoms with E-state index < -0.39 is 11.4 Å². The zero-order valence-corrected chi connectivity index (χ0v) is 12.9. The van der Waals surface area contributed by atoms with E-state index in [1.807, 2.05) is 6.92 Å². The van der Waals surface area contributed by atoms with Crippen LogP contribution in [0, 0.1) is 5.41 Å². The maximum absolute atomic E-state index is 12.4. The Morgan fingerprint density at radius 2 is 2.25 bits per heavy atom. The molecule has 2 rings (SSSR count). The maximum atomic E-state index is 12.4. The quantitative estimate of drug-likeness (QED) is 0.855. The molecule has 1 amide bonds. The number of amides is 1. The van der Waals surface area contributed by atoms with E-state index in [0.29, 0.717) is 29.6 Å². The third-order valence-electron chi connectivity index (χ3n) is 3.80. The Morgan fingerprint density at radius 3 is 2.80 bits per heavy atom. The van der Waals surface area contributed by atoms with E-state index in [9.17, 15) is 14.7 Å². The first-order valence-electron chi connectivity index (χ1n) is 6.63. The molecular formula is C14H17BrN2O3. The average molecular weight is 341 g/mol. The normalized spacial score (nSPS) is 22.0. The highest BCUT2D eigenvalue weighted by atomic mass is 79.9. The van der Waals surface area contributed by atoms with Gasteiger partial charge in [0.2, 0.25) is 0 Å². The third kappa shape index (κ3) is 2.85. The second kappa shape index (κ2) is 5.91. The van der Waals surface area contributed by atoms with Crippen molar-refractivity contribution in [3.63, 3.8) is 0 Å². The van der Waals surface area contributed by atoms with Crippen LogP contribution in [0.15, 0.2) is 22.9 Å². The van der Waals surface area contributed by atoms with E-state index in [-0.39, 0.29) is 12.5 Å². The number of hydrogen-bond acceptors (Lipinski definition) is 3. The summed E-state index contributed by atoms with van der Waals surface area (Å²) in [5, 5.41) is 9.44. The molecule has 1 N–H and O–H groups in total. The smallest absolute Gasteiger partial charge is 0.311 e. The molecule has 2 heterocycles. The molecular weight excluding hydrogens is 324 g/mol. The lowest BCUT2D eigenvalue weighted by Crippen LogP contribution is -2.37. The van der Waals surface area contributed by atoms with Gasteiger partial charge in [0.15, 0.2) is 0 Å². The van der Waals surface area contributed by atoms with Crippen LogP contribution in [0.2, 0.25) is 0 Å². The van der Waals surface area contributed by atoms with Gasteiger partial charge in [-0.15, -0.1) is 0 Å². The SMILES string of the molecule is CCCC1(C(=O)O)CCN(C(=O)c2ccc(Br)nc2)C1. The molecule has 5 nitrogen and oxygen atoms in total. The van der Waals surface area contributed by atoms with E-state index in [1.165, 1.54) is 6.20 Å². The fraction of sp³-hybridized carbons (Fsp3) is 0.500. The lowest BCUT2D eigenvalue weighted by atomic mass is 9.83. The van der Waals surface area contributed by atoms with E-state index in [1.54, 1.807) is 17.0 Å². The van der Waals surface area contributed by atoms with Crippen molar-refractivity contribution in [2.45, 2.75) is 26.2 Å². The summed E-state index contributed by atoms with van der Waals surface area (Å²) in [6.45, 7) is 2.74. The van der Waals surface area contributed by atoms with Crippen molar-refractivity contribution < 1.29 is 14.7 Å². The predicted octanol–water partition coefficient (Wildman–Crippen LogP) is 2.56. The monoisotopic (exact) mass is 340 g/mol. The minimum atomic E-state index is -0.802. The maximum Gasteiger partial charge on any atom is 0.311 e. The minimum Gasteiger partial charge on any atom is -0.481 e. The number of pyridine rings is 1. The first kappa shape index (κ1) is 15.0. The summed E-state index contributed by atoms with van der Waals surface area (Å²) in [6, 6.07) is 3.40. The molecule has 1 aromatic rings. The zero-order chi connectivity index (χ0) is 14.8. The standard InChI is InChI=1S/C14H17BrN2O3/c1-2-5-14(13(19)20)6-7-17(9-14)12(18)10-3-4-11(15)16-8-10/h3-4,8H,2,5-7,9H2,1H3,(H,19,20).